The Hall–Kier alpha value is -2.82. The normalized spacial score (nSPS) is 15.0. The molecule has 2 amide bonds. The number of aromatic hydroxyl groups is 1. The molecular formula is C20H22N2O3. The minimum atomic E-state index is -0.158. The second kappa shape index (κ2) is 7.38. The minimum absolute atomic E-state index is 0.00936. The number of hydrogen-bond donors (Lipinski definition) is 2. The number of nitrogens with one attached hydrogen (secondary N) is 1. The van der Waals surface area contributed by atoms with Crippen LogP contribution < -0.4 is 5.32 Å². The van der Waals surface area contributed by atoms with Gasteiger partial charge >= 0.3 is 0 Å². The Morgan fingerprint density at radius 2 is 1.76 bits per heavy atom. The lowest BCUT2D eigenvalue weighted by Crippen LogP contribution is -2.46. The van der Waals surface area contributed by atoms with Crippen LogP contribution >= 0.6 is 0 Å². The highest BCUT2D eigenvalue weighted by molar-refractivity contribution is 5.97. The summed E-state index contributed by atoms with van der Waals surface area (Å²) < 4.78 is 0. The first kappa shape index (κ1) is 17.0. The lowest BCUT2D eigenvalue weighted by molar-refractivity contribution is 0.0695. The SMILES string of the molecule is Cc1ccc(O)c(C(=O)N2CCC(NC(=O)c3ccccc3)CC2)c1. The zero-order valence-electron chi connectivity index (χ0n) is 14.2. The minimum Gasteiger partial charge on any atom is -0.507 e. The molecular weight excluding hydrogens is 316 g/mol. The van der Waals surface area contributed by atoms with Crippen LogP contribution in [0.15, 0.2) is 48.5 Å². The number of piperidine rings is 1. The van der Waals surface area contributed by atoms with Crippen LogP contribution in [0, 0.1) is 6.92 Å². The predicted octanol–water partition coefficient (Wildman–Crippen LogP) is 2.74. The molecule has 3 rings (SSSR count). The fourth-order valence-corrected chi connectivity index (χ4v) is 3.08. The average molecular weight is 338 g/mol. The van der Waals surface area contributed by atoms with E-state index in [0.717, 1.165) is 5.56 Å². The molecule has 0 atom stereocenters. The molecule has 0 spiro atoms. The van der Waals surface area contributed by atoms with Crippen molar-refractivity contribution in [3.8, 4) is 5.75 Å². The number of carbonyl (C=O) groups is 2. The van der Waals surface area contributed by atoms with E-state index in [2.05, 4.69) is 5.32 Å². The number of carbonyl (C=O) groups excluding carboxylic acids is 2. The molecule has 1 fully saturated rings. The number of amides is 2. The van der Waals surface area contributed by atoms with Gasteiger partial charge in [-0.25, -0.2) is 0 Å². The summed E-state index contributed by atoms with van der Waals surface area (Å²) >= 11 is 0. The second-order valence-electron chi connectivity index (χ2n) is 6.43. The lowest BCUT2D eigenvalue weighted by atomic mass is 10.0. The number of nitrogens with zero attached hydrogens (tertiary/aromatic N) is 1. The van der Waals surface area contributed by atoms with Gasteiger partial charge in [-0.15, -0.1) is 0 Å². The fourth-order valence-electron chi connectivity index (χ4n) is 3.08. The van der Waals surface area contributed by atoms with E-state index < -0.39 is 0 Å². The summed E-state index contributed by atoms with van der Waals surface area (Å²) in [5.41, 5.74) is 1.92. The number of benzene rings is 2. The van der Waals surface area contributed by atoms with E-state index in [1.165, 1.54) is 0 Å². The maximum atomic E-state index is 12.6. The van der Waals surface area contributed by atoms with Gasteiger partial charge in [0.05, 0.1) is 5.56 Å². The van der Waals surface area contributed by atoms with Crippen molar-refractivity contribution in [3.63, 3.8) is 0 Å². The van der Waals surface area contributed by atoms with Crippen molar-refractivity contribution in [1.29, 1.82) is 0 Å². The summed E-state index contributed by atoms with van der Waals surface area (Å²) in [5.74, 6) is -0.231. The summed E-state index contributed by atoms with van der Waals surface area (Å²) in [4.78, 5) is 26.5. The molecule has 5 heteroatoms. The van der Waals surface area contributed by atoms with Crippen molar-refractivity contribution in [2.45, 2.75) is 25.8 Å². The quantitative estimate of drug-likeness (QED) is 0.904. The van der Waals surface area contributed by atoms with Crippen LogP contribution in [-0.4, -0.2) is 41.0 Å². The van der Waals surface area contributed by atoms with Crippen LogP contribution in [0.1, 0.15) is 39.1 Å². The predicted molar refractivity (Wildman–Crippen MR) is 95.7 cm³/mol. The first-order chi connectivity index (χ1) is 12.0. The largest absolute Gasteiger partial charge is 0.507 e. The maximum absolute atomic E-state index is 12.6. The van der Waals surface area contributed by atoms with Gasteiger partial charge in [0.25, 0.3) is 11.8 Å². The standard InChI is InChI=1S/C20H22N2O3/c1-14-7-8-18(23)17(13-14)20(25)22-11-9-16(10-12-22)21-19(24)15-5-3-2-4-6-15/h2-8,13,16,23H,9-12H2,1H3,(H,21,24). The van der Waals surface area contributed by atoms with Gasteiger partial charge in [0.15, 0.2) is 0 Å². The first-order valence-electron chi connectivity index (χ1n) is 8.49. The van der Waals surface area contributed by atoms with Crippen molar-refractivity contribution >= 4 is 11.8 Å². The highest BCUT2D eigenvalue weighted by atomic mass is 16.3. The Morgan fingerprint density at radius 3 is 2.44 bits per heavy atom. The van der Waals surface area contributed by atoms with Gasteiger partial charge in [0.1, 0.15) is 5.75 Å². The van der Waals surface area contributed by atoms with E-state index in [0.29, 0.717) is 37.1 Å². The van der Waals surface area contributed by atoms with E-state index in [1.54, 1.807) is 35.2 Å². The van der Waals surface area contributed by atoms with Gasteiger partial charge in [-0.3, -0.25) is 9.59 Å². The molecule has 2 aromatic rings. The van der Waals surface area contributed by atoms with Gasteiger partial charge in [-0.2, -0.15) is 0 Å². The third kappa shape index (κ3) is 3.99. The third-order valence-corrected chi connectivity index (χ3v) is 4.54. The average Bonchev–Trinajstić information content (AvgIpc) is 2.64. The highest BCUT2D eigenvalue weighted by Gasteiger charge is 2.26. The van der Waals surface area contributed by atoms with Crippen LogP contribution in [0.4, 0.5) is 0 Å². The Labute approximate surface area is 147 Å². The van der Waals surface area contributed by atoms with Gasteiger partial charge in [-0.1, -0.05) is 29.8 Å². The maximum Gasteiger partial charge on any atom is 0.257 e. The highest BCUT2D eigenvalue weighted by Crippen LogP contribution is 2.22. The summed E-state index contributed by atoms with van der Waals surface area (Å²) in [6.45, 7) is 3.01. The van der Waals surface area contributed by atoms with Gasteiger partial charge in [0.2, 0.25) is 0 Å². The van der Waals surface area contributed by atoms with Crippen LogP contribution in [0.3, 0.4) is 0 Å². The Morgan fingerprint density at radius 1 is 1.08 bits per heavy atom. The van der Waals surface area contributed by atoms with Crippen molar-refractivity contribution in [2.75, 3.05) is 13.1 Å². The summed E-state index contributed by atoms with van der Waals surface area (Å²) in [6.07, 6.45) is 1.41. The molecule has 2 N–H and O–H groups in total. The van der Waals surface area contributed by atoms with E-state index >= 15 is 0 Å². The molecule has 2 aromatic carbocycles. The monoisotopic (exact) mass is 338 g/mol. The van der Waals surface area contributed by atoms with Crippen molar-refractivity contribution in [3.05, 3.63) is 65.2 Å². The number of rotatable bonds is 3. The van der Waals surface area contributed by atoms with Crippen LogP contribution in [0.5, 0.6) is 5.75 Å². The van der Waals surface area contributed by atoms with Crippen molar-refractivity contribution in [2.24, 2.45) is 0 Å². The molecule has 130 valence electrons. The van der Waals surface area contributed by atoms with Gasteiger partial charge in [0, 0.05) is 24.7 Å². The van der Waals surface area contributed by atoms with E-state index in [4.69, 9.17) is 0 Å². The second-order valence-corrected chi connectivity index (χ2v) is 6.43. The number of aryl methyl sites for hydroxylation is 1. The molecule has 0 radical (unpaired) electrons. The molecule has 1 aliphatic rings. The van der Waals surface area contributed by atoms with E-state index in [-0.39, 0.29) is 23.6 Å². The summed E-state index contributed by atoms with van der Waals surface area (Å²) in [5, 5.41) is 13.0. The Kier molecular flexibility index (Phi) is 5.03. The fraction of sp³-hybridized carbons (Fsp3) is 0.300. The molecule has 0 aliphatic carbocycles. The Balaban J connectivity index is 1.57. The van der Waals surface area contributed by atoms with Crippen LogP contribution in [0.2, 0.25) is 0 Å². The van der Waals surface area contributed by atoms with Crippen LogP contribution in [-0.2, 0) is 0 Å². The number of hydrogen-bond acceptors (Lipinski definition) is 3. The number of phenols is 1. The zero-order valence-corrected chi connectivity index (χ0v) is 14.2. The molecule has 1 heterocycles. The zero-order chi connectivity index (χ0) is 17.8. The molecule has 0 bridgehead atoms. The van der Waals surface area contributed by atoms with Gasteiger partial charge in [-0.05, 0) is 44.0 Å². The summed E-state index contributed by atoms with van der Waals surface area (Å²) in [7, 11) is 0. The lowest BCUT2D eigenvalue weighted by Gasteiger charge is -2.32. The molecule has 1 saturated heterocycles. The topological polar surface area (TPSA) is 69.6 Å². The van der Waals surface area contributed by atoms with Crippen LogP contribution in [0.25, 0.3) is 0 Å². The number of likely N-dealkylation sites (tertiary alicyclic amines) is 1. The molecule has 0 unspecified atom stereocenters. The molecule has 0 saturated carbocycles. The summed E-state index contributed by atoms with van der Waals surface area (Å²) in [6, 6.07) is 14.2. The molecule has 0 aromatic heterocycles. The van der Waals surface area contributed by atoms with Crippen molar-refractivity contribution < 1.29 is 14.7 Å². The van der Waals surface area contributed by atoms with Gasteiger partial charge < -0.3 is 15.3 Å². The molecule has 25 heavy (non-hydrogen) atoms. The number of phenolic OH excluding ortho intramolecular Hbond substituents is 1. The van der Waals surface area contributed by atoms with E-state index in [1.807, 2.05) is 25.1 Å². The smallest absolute Gasteiger partial charge is 0.257 e. The van der Waals surface area contributed by atoms with E-state index in [9.17, 15) is 14.7 Å². The first-order valence-corrected chi connectivity index (χ1v) is 8.49. The molecule has 5 nitrogen and oxygen atoms in total. The van der Waals surface area contributed by atoms with Crippen molar-refractivity contribution in [1.82, 2.24) is 10.2 Å². The Bertz CT molecular complexity index is 766. The third-order valence-electron chi connectivity index (χ3n) is 4.54. The molecule has 1 aliphatic heterocycles.